The van der Waals surface area contributed by atoms with Gasteiger partial charge in [0.15, 0.2) is 5.82 Å². The first kappa shape index (κ1) is 21.8. The van der Waals surface area contributed by atoms with E-state index in [9.17, 15) is 13.2 Å². The van der Waals surface area contributed by atoms with E-state index in [1.807, 2.05) is 31.2 Å². The van der Waals surface area contributed by atoms with Crippen molar-refractivity contribution < 1.29 is 13.2 Å². The second-order valence-electron chi connectivity index (χ2n) is 6.69. The van der Waals surface area contributed by atoms with Crippen molar-refractivity contribution in [3.8, 4) is 11.4 Å². The van der Waals surface area contributed by atoms with Gasteiger partial charge in [-0.1, -0.05) is 47.7 Å². The number of carbonyl (C=O) groups excluding carboxylic acids is 1. The second kappa shape index (κ2) is 8.86. The highest BCUT2D eigenvalue weighted by atomic mass is 32.2. The molecule has 3 rings (SSSR count). The SMILES string of the molecule is Cc1ccc(-c2nnc(SCC(=O)Nc3cccc(S(=O)(=O)N(C)C)c3)n2N)cc1. The second-order valence-corrected chi connectivity index (χ2v) is 9.79. The van der Waals surface area contributed by atoms with Gasteiger partial charge in [-0.3, -0.25) is 4.79 Å². The van der Waals surface area contributed by atoms with Crippen LogP contribution in [0.15, 0.2) is 58.6 Å². The first-order valence-electron chi connectivity index (χ1n) is 8.91. The third-order valence-corrected chi connectivity index (χ3v) is 6.96. The van der Waals surface area contributed by atoms with Crippen molar-refractivity contribution in [1.29, 1.82) is 0 Å². The number of hydrogen-bond donors (Lipinski definition) is 2. The van der Waals surface area contributed by atoms with Crippen LogP contribution < -0.4 is 11.2 Å². The Labute approximate surface area is 179 Å². The van der Waals surface area contributed by atoms with Crippen LogP contribution in [0.3, 0.4) is 0 Å². The minimum atomic E-state index is -3.58. The van der Waals surface area contributed by atoms with Crippen molar-refractivity contribution in [2.75, 3.05) is 31.0 Å². The average Bonchev–Trinajstić information content (AvgIpc) is 3.07. The molecule has 3 aromatic rings. The van der Waals surface area contributed by atoms with Gasteiger partial charge in [0.2, 0.25) is 21.1 Å². The predicted molar refractivity (Wildman–Crippen MR) is 117 cm³/mol. The van der Waals surface area contributed by atoms with Crippen LogP contribution in [0.25, 0.3) is 11.4 Å². The van der Waals surface area contributed by atoms with Gasteiger partial charge in [-0.15, -0.1) is 10.2 Å². The first-order valence-corrected chi connectivity index (χ1v) is 11.3. The molecule has 0 saturated heterocycles. The van der Waals surface area contributed by atoms with Crippen LogP contribution in [-0.4, -0.2) is 53.4 Å². The van der Waals surface area contributed by atoms with Gasteiger partial charge in [-0.2, -0.15) is 0 Å². The molecule has 9 nitrogen and oxygen atoms in total. The van der Waals surface area contributed by atoms with E-state index in [4.69, 9.17) is 5.84 Å². The summed E-state index contributed by atoms with van der Waals surface area (Å²) in [6, 6.07) is 13.8. The van der Waals surface area contributed by atoms with Crippen molar-refractivity contribution in [2.45, 2.75) is 17.0 Å². The van der Waals surface area contributed by atoms with Crippen molar-refractivity contribution in [1.82, 2.24) is 19.2 Å². The molecular formula is C19H22N6O3S2. The van der Waals surface area contributed by atoms with Crippen LogP contribution in [0.2, 0.25) is 0 Å². The van der Waals surface area contributed by atoms with Crippen LogP contribution in [0.1, 0.15) is 5.56 Å². The zero-order valence-corrected chi connectivity index (χ0v) is 18.4. The Morgan fingerprint density at radius 2 is 1.87 bits per heavy atom. The highest BCUT2D eigenvalue weighted by Gasteiger charge is 2.18. The molecule has 0 saturated carbocycles. The largest absolute Gasteiger partial charge is 0.335 e. The smallest absolute Gasteiger partial charge is 0.242 e. The molecule has 11 heteroatoms. The molecular weight excluding hydrogens is 424 g/mol. The number of thioether (sulfide) groups is 1. The molecule has 2 aromatic carbocycles. The topological polar surface area (TPSA) is 123 Å². The number of sulfonamides is 1. The number of amides is 1. The zero-order chi connectivity index (χ0) is 21.9. The molecule has 1 heterocycles. The van der Waals surface area contributed by atoms with E-state index in [1.165, 1.54) is 30.9 Å². The summed E-state index contributed by atoms with van der Waals surface area (Å²) >= 11 is 1.13. The first-order chi connectivity index (χ1) is 14.2. The molecule has 0 bridgehead atoms. The van der Waals surface area contributed by atoms with Crippen molar-refractivity contribution in [3.63, 3.8) is 0 Å². The standard InChI is InChI=1S/C19H22N6O3S2/c1-13-7-9-14(10-8-13)18-22-23-19(25(18)20)29-12-17(26)21-15-5-4-6-16(11-15)30(27,28)24(2)3/h4-11H,12,20H2,1-3H3,(H,21,26). The van der Waals surface area contributed by atoms with E-state index in [-0.39, 0.29) is 16.6 Å². The number of rotatable bonds is 7. The van der Waals surface area contributed by atoms with Crippen molar-refractivity contribution in [3.05, 3.63) is 54.1 Å². The molecule has 0 radical (unpaired) electrons. The summed E-state index contributed by atoms with van der Waals surface area (Å²) in [5.74, 6) is 6.29. The lowest BCUT2D eigenvalue weighted by Gasteiger charge is -2.12. The molecule has 0 unspecified atom stereocenters. The summed E-state index contributed by atoms with van der Waals surface area (Å²) in [4.78, 5) is 12.4. The number of anilines is 1. The maximum absolute atomic E-state index is 12.3. The Morgan fingerprint density at radius 3 is 2.53 bits per heavy atom. The molecule has 0 aliphatic heterocycles. The zero-order valence-electron chi connectivity index (χ0n) is 16.7. The van der Waals surface area contributed by atoms with E-state index in [0.717, 1.165) is 27.2 Å². The van der Waals surface area contributed by atoms with Gasteiger partial charge in [-0.25, -0.2) is 17.4 Å². The highest BCUT2D eigenvalue weighted by Crippen LogP contribution is 2.23. The molecule has 30 heavy (non-hydrogen) atoms. The Bertz CT molecular complexity index is 1160. The summed E-state index contributed by atoms with van der Waals surface area (Å²) in [6.07, 6.45) is 0. The number of nitrogens with one attached hydrogen (secondary N) is 1. The molecule has 3 N–H and O–H groups in total. The summed E-state index contributed by atoms with van der Waals surface area (Å²) in [7, 11) is -0.685. The van der Waals surface area contributed by atoms with E-state index < -0.39 is 10.0 Å². The number of nitrogens with two attached hydrogens (primary N) is 1. The average molecular weight is 447 g/mol. The van der Waals surface area contributed by atoms with Crippen molar-refractivity contribution >= 4 is 33.4 Å². The Balaban J connectivity index is 1.65. The molecule has 0 spiro atoms. The number of benzene rings is 2. The van der Waals surface area contributed by atoms with Gasteiger partial charge < -0.3 is 11.2 Å². The third kappa shape index (κ3) is 4.81. The van der Waals surface area contributed by atoms with Crippen molar-refractivity contribution in [2.24, 2.45) is 0 Å². The van der Waals surface area contributed by atoms with Crippen LogP contribution in [0.4, 0.5) is 5.69 Å². The van der Waals surface area contributed by atoms with Crippen LogP contribution in [-0.2, 0) is 14.8 Å². The summed E-state index contributed by atoms with van der Waals surface area (Å²) < 4.78 is 26.9. The molecule has 158 valence electrons. The fourth-order valence-electron chi connectivity index (χ4n) is 2.55. The summed E-state index contributed by atoms with van der Waals surface area (Å²) in [5, 5.41) is 11.2. The minimum Gasteiger partial charge on any atom is -0.335 e. The number of carbonyl (C=O) groups is 1. The fraction of sp³-hybridized carbons (Fsp3) is 0.211. The molecule has 1 amide bonds. The number of aryl methyl sites for hydroxylation is 1. The minimum absolute atomic E-state index is 0.0356. The van der Waals surface area contributed by atoms with Gasteiger partial charge in [0, 0.05) is 25.3 Å². The fourth-order valence-corrected chi connectivity index (χ4v) is 4.15. The van der Waals surface area contributed by atoms with Gasteiger partial charge in [0.25, 0.3) is 0 Å². The molecule has 0 atom stereocenters. The third-order valence-electron chi connectivity index (χ3n) is 4.20. The quantitative estimate of drug-likeness (QED) is 0.420. The molecule has 0 fully saturated rings. The summed E-state index contributed by atoms with van der Waals surface area (Å²) in [5.41, 5.74) is 2.33. The molecule has 1 aromatic heterocycles. The lowest BCUT2D eigenvalue weighted by Crippen LogP contribution is -2.22. The van der Waals surface area contributed by atoms with Gasteiger partial charge in [0.05, 0.1) is 10.6 Å². The van der Waals surface area contributed by atoms with Gasteiger partial charge >= 0.3 is 0 Å². The van der Waals surface area contributed by atoms with Crippen LogP contribution in [0.5, 0.6) is 0 Å². The van der Waals surface area contributed by atoms with E-state index in [2.05, 4.69) is 15.5 Å². The predicted octanol–water partition coefficient (Wildman–Crippen LogP) is 1.95. The number of aromatic nitrogens is 3. The van der Waals surface area contributed by atoms with Gasteiger partial charge in [-0.05, 0) is 25.1 Å². The van der Waals surface area contributed by atoms with E-state index in [1.54, 1.807) is 12.1 Å². The maximum Gasteiger partial charge on any atom is 0.242 e. The Morgan fingerprint density at radius 1 is 1.17 bits per heavy atom. The van der Waals surface area contributed by atoms with Crippen LogP contribution in [0, 0.1) is 6.92 Å². The van der Waals surface area contributed by atoms with Crippen LogP contribution >= 0.6 is 11.8 Å². The lowest BCUT2D eigenvalue weighted by molar-refractivity contribution is -0.113. The van der Waals surface area contributed by atoms with E-state index >= 15 is 0 Å². The summed E-state index contributed by atoms with van der Waals surface area (Å²) in [6.45, 7) is 1.99. The highest BCUT2D eigenvalue weighted by molar-refractivity contribution is 7.99. The van der Waals surface area contributed by atoms with Gasteiger partial charge in [0.1, 0.15) is 0 Å². The maximum atomic E-state index is 12.3. The number of nitrogens with zero attached hydrogens (tertiary/aromatic N) is 4. The monoisotopic (exact) mass is 446 g/mol. The normalized spacial score (nSPS) is 11.6. The number of hydrogen-bond acceptors (Lipinski definition) is 7. The Kier molecular flexibility index (Phi) is 6.44. The molecule has 0 aliphatic rings. The lowest BCUT2D eigenvalue weighted by atomic mass is 10.1. The Hall–Kier alpha value is -2.89. The molecule has 0 aliphatic carbocycles. The number of nitrogen functional groups attached to an aromatic ring is 1. The van der Waals surface area contributed by atoms with E-state index in [0.29, 0.717) is 16.7 Å².